The van der Waals surface area contributed by atoms with Crippen molar-refractivity contribution >= 4 is 0 Å². The summed E-state index contributed by atoms with van der Waals surface area (Å²) in [6, 6.07) is 0. The van der Waals surface area contributed by atoms with Crippen LogP contribution >= 0.6 is 0 Å². The second kappa shape index (κ2) is 76.0. The number of nitrogens with zero attached hydrogens (tertiary/aromatic N) is 2. The SMILES string of the molecule is CCCCCCCCCCCCCCCCCCCN(CCCCCCCCCCCCCCCCCCC)CCCN(CCCCCCCCCCCCCCCCCCC)CCCCCCCCCCCCCCCCCCC. The van der Waals surface area contributed by atoms with Gasteiger partial charge in [-0.05, 0) is 71.4 Å². The molecule has 2 heteroatoms. The fourth-order valence-electron chi connectivity index (χ4n) is 13.4. The van der Waals surface area contributed by atoms with E-state index >= 15 is 0 Å². The summed E-state index contributed by atoms with van der Waals surface area (Å²) in [5.74, 6) is 0. The van der Waals surface area contributed by atoms with Crippen LogP contribution in [0.2, 0.25) is 0 Å². The molecule has 0 unspecified atom stereocenters. The molecule has 0 saturated heterocycles. The van der Waals surface area contributed by atoms with E-state index < -0.39 is 0 Å². The quantitative estimate of drug-likeness (QED) is 0.0560. The molecule has 0 aromatic carbocycles. The number of rotatable bonds is 76. The summed E-state index contributed by atoms with van der Waals surface area (Å²) in [6.45, 7) is 17.4. The van der Waals surface area contributed by atoms with Gasteiger partial charge < -0.3 is 9.80 Å². The molecule has 81 heavy (non-hydrogen) atoms. The van der Waals surface area contributed by atoms with Crippen molar-refractivity contribution in [2.24, 2.45) is 0 Å². The molecule has 2 nitrogen and oxygen atoms in total. The lowest BCUT2D eigenvalue weighted by Gasteiger charge is -2.26. The Hall–Kier alpha value is -0.0800. The third-order valence-corrected chi connectivity index (χ3v) is 19.3. The van der Waals surface area contributed by atoms with Crippen LogP contribution in [0.5, 0.6) is 0 Å². The zero-order chi connectivity index (χ0) is 58.2. The van der Waals surface area contributed by atoms with Crippen LogP contribution in [-0.2, 0) is 0 Å². The first-order valence-electron chi connectivity index (χ1n) is 39.7. The van der Waals surface area contributed by atoms with E-state index in [1.165, 1.54) is 482 Å². The second-order valence-corrected chi connectivity index (χ2v) is 27.7. The zero-order valence-corrected chi connectivity index (χ0v) is 57.9. The zero-order valence-electron chi connectivity index (χ0n) is 57.9. The fourth-order valence-corrected chi connectivity index (χ4v) is 13.4. The van der Waals surface area contributed by atoms with Gasteiger partial charge in [0.15, 0.2) is 0 Å². The molecule has 488 valence electrons. The van der Waals surface area contributed by atoms with Crippen molar-refractivity contribution in [2.75, 3.05) is 39.3 Å². The topological polar surface area (TPSA) is 6.48 Å². The van der Waals surface area contributed by atoms with E-state index in [1.54, 1.807) is 0 Å². The van der Waals surface area contributed by atoms with Crippen molar-refractivity contribution in [3.8, 4) is 0 Å². The second-order valence-electron chi connectivity index (χ2n) is 27.7. The van der Waals surface area contributed by atoms with E-state index in [2.05, 4.69) is 37.5 Å². The van der Waals surface area contributed by atoms with Crippen molar-refractivity contribution in [3.05, 3.63) is 0 Å². The minimum absolute atomic E-state index is 1.34. The van der Waals surface area contributed by atoms with Crippen molar-refractivity contribution in [1.29, 1.82) is 0 Å². The maximum atomic E-state index is 2.94. The Labute approximate surface area is 517 Å². The molecule has 0 saturated carbocycles. The average Bonchev–Trinajstić information content (AvgIpc) is 3.47. The van der Waals surface area contributed by atoms with Gasteiger partial charge in [0.1, 0.15) is 0 Å². The minimum atomic E-state index is 1.34. The molecule has 0 bridgehead atoms. The van der Waals surface area contributed by atoms with Gasteiger partial charge in [0, 0.05) is 0 Å². The van der Waals surface area contributed by atoms with E-state index in [4.69, 9.17) is 0 Å². The molecule has 0 rings (SSSR count). The summed E-state index contributed by atoms with van der Waals surface area (Å²) in [5, 5.41) is 0. The van der Waals surface area contributed by atoms with Gasteiger partial charge in [0.25, 0.3) is 0 Å². The van der Waals surface area contributed by atoms with E-state index in [0.29, 0.717) is 0 Å². The summed E-state index contributed by atoms with van der Waals surface area (Å²) in [7, 11) is 0. The highest BCUT2D eigenvalue weighted by Gasteiger charge is 2.10. The molecular weight excluding hydrogens is 977 g/mol. The van der Waals surface area contributed by atoms with Gasteiger partial charge in [-0.2, -0.15) is 0 Å². The van der Waals surface area contributed by atoms with E-state index in [1.807, 2.05) is 0 Å². The first-order valence-corrected chi connectivity index (χ1v) is 39.7. The van der Waals surface area contributed by atoms with E-state index in [0.717, 1.165) is 0 Å². The van der Waals surface area contributed by atoms with E-state index in [-0.39, 0.29) is 0 Å². The van der Waals surface area contributed by atoms with Crippen LogP contribution in [0.1, 0.15) is 471 Å². The van der Waals surface area contributed by atoms with Crippen LogP contribution < -0.4 is 0 Å². The van der Waals surface area contributed by atoms with Crippen LogP contribution in [0.3, 0.4) is 0 Å². The number of hydrogen-bond acceptors (Lipinski definition) is 2. The molecular formula is C79H162N2. The molecule has 0 spiro atoms. The first kappa shape index (κ1) is 80.9. The smallest absolute Gasteiger partial charge is 0.000655 e. The Morgan fingerprint density at radius 3 is 0.296 bits per heavy atom. The lowest BCUT2D eigenvalue weighted by atomic mass is 10.0. The highest BCUT2D eigenvalue weighted by molar-refractivity contribution is 4.66. The first-order chi connectivity index (χ1) is 40.3. The third-order valence-electron chi connectivity index (χ3n) is 19.3. The number of hydrogen-bond donors (Lipinski definition) is 0. The van der Waals surface area contributed by atoms with Crippen molar-refractivity contribution in [1.82, 2.24) is 9.80 Å². The van der Waals surface area contributed by atoms with Crippen molar-refractivity contribution < 1.29 is 0 Å². The highest BCUT2D eigenvalue weighted by atomic mass is 15.1. The molecule has 0 N–H and O–H groups in total. The number of unbranched alkanes of at least 4 members (excludes halogenated alkanes) is 64. The Morgan fingerprint density at radius 2 is 0.185 bits per heavy atom. The summed E-state index contributed by atoms with van der Waals surface area (Å²) in [4.78, 5) is 5.89. The van der Waals surface area contributed by atoms with Gasteiger partial charge in [-0.1, -0.05) is 439 Å². The summed E-state index contributed by atoms with van der Waals surface area (Å²) in [5.41, 5.74) is 0. The lowest BCUT2D eigenvalue weighted by molar-refractivity contribution is 0.215. The molecule has 0 aromatic rings. The predicted molar refractivity (Wildman–Crippen MR) is 374 cm³/mol. The van der Waals surface area contributed by atoms with Crippen LogP contribution in [0.4, 0.5) is 0 Å². The Kier molecular flexibility index (Phi) is 75.9. The Balaban J connectivity index is 4.81. The average molecular weight is 1140 g/mol. The van der Waals surface area contributed by atoms with Crippen LogP contribution in [-0.4, -0.2) is 49.1 Å². The van der Waals surface area contributed by atoms with Crippen molar-refractivity contribution in [2.45, 2.75) is 471 Å². The predicted octanol–water partition coefficient (Wildman–Crippen LogP) is 28.6. The summed E-state index contributed by atoms with van der Waals surface area (Å²) < 4.78 is 0. The molecule has 0 atom stereocenters. The molecule has 0 radical (unpaired) electrons. The molecule has 0 aliphatic heterocycles. The van der Waals surface area contributed by atoms with Gasteiger partial charge in [-0.15, -0.1) is 0 Å². The monoisotopic (exact) mass is 1140 g/mol. The van der Waals surface area contributed by atoms with Gasteiger partial charge in [0.2, 0.25) is 0 Å². The molecule has 0 aliphatic carbocycles. The summed E-state index contributed by atoms with van der Waals surface area (Å²) in [6.07, 6.45) is 101. The lowest BCUT2D eigenvalue weighted by Crippen LogP contribution is -2.32. The van der Waals surface area contributed by atoms with Gasteiger partial charge in [-0.3, -0.25) is 0 Å². The normalized spacial score (nSPS) is 11.9. The standard InChI is InChI=1S/C79H162N2/c1-5-9-13-17-21-25-29-33-37-41-45-49-53-57-61-65-69-74-80(75-70-66-62-58-54-50-46-42-38-34-30-26-22-18-14-10-6-2)78-73-79-81(76-71-67-63-59-55-51-47-43-39-35-31-27-23-19-15-11-7-3)77-72-68-64-60-56-52-48-44-40-36-32-28-24-20-16-12-8-4/h5-79H2,1-4H3. The molecule has 0 aliphatic rings. The van der Waals surface area contributed by atoms with Gasteiger partial charge in [-0.25, -0.2) is 0 Å². The highest BCUT2D eigenvalue weighted by Crippen LogP contribution is 2.20. The molecule has 0 fully saturated rings. The van der Waals surface area contributed by atoms with Gasteiger partial charge in [0.05, 0.1) is 0 Å². The third kappa shape index (κ3) is 72.3. The largest absolute Gasteiger partial charge is 0.303 e. The maximum absolute atomic E-state index is 2.94. The molecule has 0 aromatic heterocycles. The van der Waals surface area contributed by atoms with Crippen LogP contribution in [0, 0.1) is 0 Å². The molecule has 0 heterocycles. The molecule has 0 amide bonds. The van der Waals surface area contributed by atoms with E-state index in [9.17, 15) is 0 Å². The fraction of sp³-hybridized carbons (Fsp3) is 1.00. The van der Waals surface area contributed by atoms with Crippen molar-refractivity contribution in [3.63, 3.8) is 0 Å². The Morgan fingerprint density at radius 1 is 0.0988 bits per heavy atom. The van der Waals surface area contributed by atoms with Crippen LogP contribution in [0.25, 0.3) is 0 Å². The summed E-state index contributed by atoms with van der Waals surface area (Å²) >= 11 is 0. The Bertz CT molecular complexity index is 885. The van der Waals surface area contributed by atoms with Crippen LogP contribution in [0.15, 0.2) is 0 Å². The minimum Gasteiger partial charge on any atom is -0.303 e. The van der Waals surface area contributed by atoms with Gasteiger partial charge >= 0.3 is 0 Å². The maximum Gasteiger partial charge on any atom is -0.000655 e.